The highest BCUT2D eigenvalue weighted by molar-refractivity contribution is 5.76. The van der Waals surface area contributed by atoms with Crippen molar-refractivity contribution >= 4 is 11.7 Å². The van der Waals surface area contributed by atoms with Crippen molar-refractivity contribution in [3.05, 3.63) is 23.9 Å². The summed E-state index contributed by atoms with van der Waals surface area (Å²) in [5.74, 6) is 0.194. The quantitative estimate of drug-likeness (QED) is 0.867. The van der Waals surface area contributed by atoms with E-state index in [1.54, 1.807) is 0 Å². The van der Waals surface area contributed by atoms with Gasteiger partial charge in [0.15, 0.2) is 0 Å². The average Bonchev–Trinajstić information content (AvgIpc) is 2.27. The molecule has 0 aliphatic rings. The monoisotopic (exact) mass is 275 g/mol. The summed E-state index contributed by atoms with van der Waals surface area (Å²) in [4.78, 5) is 14.9. The van der Waals surface area contributed by atoms with Gasteiger partial charge >= 0.3 is 6.18 Å². The van der Waals surface area contributed by atoms with Gasteiger partial charge in [0.1, 0.15) is 5.82 Å². The van der Waals surface area contributed by atoms with E-state index in [-0.39, 0.29) is 18.4 Å². The van der Waals surface area contributed by atoms with Crippen molar-refractivity contribution in [3.8, 4) is 0 Å². The summed E-state index contributed by atoms with van der Waals surface area (Å²) < 4.78 is 36.9. The van der Waals surface area contributed by atoms with E-state index in [1.807, 2.05) is 13.8 Å². The van der Waals surface area contributed by atoms with Gasteiger partial charge in [-0.15, -0.1) is 0 Å². The van der Waals surface area contributed by atoms with E-state index in [4.69, 9.17) is 0 Å². The number of amides is 1. The Labute approximate surface area is 109 Å². The average molecular weight is 275 g/mol. The Balaban J connectivity index is 2.40. The lowest BCUT2D eigenvalue weighted by Crippen LogP contribution is -2.31. The molecule has 0 aliphatic heterocycles. The van der Waals surface area contributed by atoms with Crippen molar-refractivity contribution in [1.82, 2.24) is 10.3 Å². The van der Waals surface area contributed by atoms with Crippen LogP contribution in [0.3, 0.4) is 0 Å². The van der Waals surface area contributed by atoms with Crippen molar-refractivity contribution in [1.29, 1.82) is 0 Å². The van der Waals surface area contributed by atoms with Crippen molar-refractivity contribution in [2.45, 2.75) is 32.5 Å². The third kappa shape index (κ3) is 5.58. The molecule has 0 bridgehead atoms. The van der Waals surface area contributed by atoms with Gasteiger partial charge in [-0.3, -0.25) is 4.79 Å². The van der Waals surface area contributed by atoms with E-state index >= 15 is 0 Å². The maximum atomic E-state index is 12.3. The molecule has 1 aromatic heterocycles. The predicted octanol–water partition coefficient (Wildman–Crippen LogP) is 2.43. The molecule has 0 unspecified atom stereocenters. The third-order valence-corrected chi connectivity index (χ3v) is 2.20. The van der Waals surface area contributed by atoms with Gasteiger partial charge < -0.3 is 10.6 Å². The topological polar surface area (TPSA) is 54.0 Å². The minimum atomic E-state index is -4.39. The Morgan fingerprint density at radius 3 is 2.53 bits per heavy atom. The second kappa shape index (κ2) is 6.40. The van der Waals surface area contributed by atoms with E-state index in [0.29, 0.717) is 12.4 Å². The molecule has 106 valence electrons. The molecule has 1 aromatic rings. The van der Waals surface area contributed by atoms with Gasteiger partial charge in [-0.2, -0.15) is 13.2 Å². The van der Waals surface area contributed by atoms with Gasteiger partial charge in [0.25, 0.3) is 0 Å². The summed E-state index contributed by atoms with van der Waals surface area (Å²) in [5, 5.41) is 5.50. The maximum absolute atomic E-state index is 12.3. The van der Waals surface area contributed by atoms with E-state index in [2.05, 4.69) is 15.6 Å². The molecule has 0 saturated carbocycles. The zero-order chi connectivity index (χ0) is 14.5. The van der Waals surface area contributed by atoms with Crippen LogP contribution in [0.2, 0.25) is 0 Å². The molecule has 7 heteroatoms. The minimum absolute atomic E-state index is 0.0664. The zero-order valence-electron chi connectivity index (χ0n) is 10.7. The summed E-state index contributed by atoms with van der Waals surface area (Å²) in [6.45, 7) is 4.02. The second-order valence-corrected chi connectivity index (χ2v) is 4.33. The summed E-state index contributed by atoms with van der Waals surface area (Å²) in [6, 6.07) is 2.25. The largest absolute Gasteiger partial charge is 0.417 e. The number of pyridine rings is 1. The summed E-state index contributed by atoms with van der Waals surface area (Å²) >= 11 is 0. The van der Waals surface area contributed by atoms with Crippen LogP contribution < -0.4 is 10.6 Å². The second-order valence-electron chi connectivity index (χ2n) is 4.33. The molecular weight excluding hydrogens is 259 g/mol. The summed E-state index contributed by atoms with van der Waals surface area (Å²) in [5.41, 5.74) is -0.796. The van der Waals surface area contributed by atoms with E-state index < -0.39 is 11.7 Å². The highest BCUT2D eigenvalue weighted by atomic mass is 19.4. The molecular formula is C12H16F3N3O. The number of hydrogen-bond donors (Lipinski definition) is 2. The molecule has 1 heterocycles. The molecule has 1 rings (SSSR count). The number of alkyl halides is 3. The minimum Gasteiger partial charge on any atom is -0.370 e. The number of carbonyl (C=O) groups excluding carboxylic acids is 1. The number of nitrogens with one attached hydrogen (secondary N) is 2. The Hall–Kier alpha value is -1.79. The molecule has 0 fully saturated rings. The van der Waals surface area contributed by atoms with Crippen LogP contribution in [0.25, 0.3) is 0 Å². The van der Waals surface area contributed by atoms with Gasteiger partial charge in [-0.05, 0) is 26.0 Å². The highest BCUT2D eigenvalue weighted by Crippen LogP contribution is 2.28. The Bertz CT molecular complexity index is 415. The van der Waals surface area contributed by atoms with Gasteiger partial charge in [0.2, 0.25) is 5.91 Å². The Morgan fingerprint density at radius 2 is 2.05 bits per heavy atom. The lowest BCUT2D eigenvalue weighted by Gasteiger charge is -2.10. The van der Waals surface area contributed by atoms with Crippen LogP contribution in [0.4, 0.5) is 19.0 Å². The molecule has 0 atom stereocenters. The highest BCUT2D eigenvalue weighted by Gasteiger charge is 2.30. The first-order valence-corrected chi connectivity index (χ1v) is 5.85. The fourth-order valence-electron chi connectivity index (χ4n) is 1.36. The van der Waals surface area contributed by atoms with Crippen molar-refractivity contribution in [2.75, 3.05) is 11.9 Å². The maximum Gasteiger partial charge on any atom is 0.417 e. The molecule has 1 amide bonds. The first-order chi connectivity index (χ1) is 8.79. The molecule has 19 heavy (non-hydrogen) atoms. The number of nitrogens with zero attached hydrogens (tertiary/aromatic N) is 1. The number of anilines is 1. The molecule has 0 spiro atoms. The van der Waals surface area contributed by atoms with E-state index in [1.165, 1.54) is 6.07 Å². The SMILES string of the molecule is CC(C)NC(=O)CCNc1ccc(C(F)(F)F)cn1. The van der Waals surface area contributed by atoms with Gasteiger partial charge in [0, 0.05) is 25.2 Å². The van der Waals surface area contributed by atoms with Gasteiger partial charge in [-0.25, -0.2) is 4.98 Å². The van der Waals surface area contributed by atoms with Crippen molar-refractivity contribution in [2.24, 2.45) is 0 Å². The van der Waals surface area contributed by atoms with Crippen LogP contribution in [-0.4, -0.2) is 23.5 Å². The van der Waals surface area contributed by atoms with E-state index in [9.17, 15) is 18.0 Å². The molecule has 0 aliphatic carbocycles. The molecule has 4 nitrogen and oxygen atoms in total. The first kappa shape index (κ1) is 15.3. The molecule has 0 radical (unpaired) electrons. The van der Waals surface area contributed by atoms with Crippen molar-refractivity contribution in [3.63, 3.8) is 0 Å². The third-order valence-electron chi connectivity index (χ3n) is 2.20. The fraction of sp³-hybridized carbons (Fsp3) is 0.500. The number of carbonyl (C=O) groups is 1. The summed E-state index contributed by atoms with van der Waals surface area (Å²) in [6.07, 6.45) is -3.39. The van der Waals surface area contributed by atoms with Crippen LogP contribution in [0.5, 0.6) is 0 Å². The van der Waals surface area contributed by atoms with Crippen LogP contribution in [0.15, 0.2) is 18.3 Å². The standard InChI is InChI=1S/C12H16F3N3O/c1-8(2)18-11(19)5-6-16-10-4-3-9(7-17-10)12(13,14)15/h3-4,7-8H,5-6H2,1-2H3,(H,16,17)(H,18,19). The van der Waals surface area contributed by atoms with Crippen LogP contribution in [-0.2, 0) is 11.0 Å². The van der Waals surface area contributed by atoms with Crippen LogP contribution in [0, 0.1) is 0 Å². The lowest BCUT2D eigenvalue weighted by molar-refractivity contribution is -0.137. The summed E-state index contributed by atoms with van der Waals surface area (Å²) in [7, 11) is 0. The van der Waals surface area contributed by atoms with Crippen molar-refractivity contribution < 1.29 is 18.0 Å². The lowest BCUT2D eigenvalue weighted by atomic mass is 10.3. The predicted molar refractivity (Wildman–Crippen MR) is 65.6 cm³/mol. The molecule has 0 aromatic carbocycles. The number of halogens is 3. The van der Waals surface area contributed by atoms with Crippen LogP contribution in [0.1, 0.15) is 25.8 Å². The van der Waals surface area contributed by atoms with Gasteiger partial charge in [0.05, 0.1) is 5.56 Å². The zero-order valence-corrected chi connectivity index (χ0v) is 10.7. The van der Waals surface area contributed by atoms with E-state index in [0.717, 1.165) is 12.3 Å². The fourth-order valence-corrected chi connectivity index (χ4v) is 1.36. The van der Waals surface area contributed by atoms with Crippen LogP contribution >= 0.6 is 0 Å². The van der Waals surface area contributed by atoms with Gasteiger partial charge in [-0.1, -0.05) is 0 Å². The number of aromatic nitrogens is 1. The smallest absolute Gasteiger partial charge is 0.370 e. The Kier molecular flexibility index (Phi) is 5.14. The normalized spacial score (nSPS) is 11.5. The Morgan fingerprint density at radius 1 is 1.37 bits per heavy atom. The molecule has 2 N–H and O–H groups in total. The number of hydrogen-bond acceptors (Lipinski definition) is 3. The molecule has 0 saturated heterocycles. The first-order valence-electron chi connectivity index (χ1n) is 5.85. The number of rotatable bonds is 5.